The summed E-state index contributed by atoms with van der Waals surface area (Å²) in [6.07, 6.45) is 0. The lowest BCUT2D eigenvalue weighted by atomic mass is 9.58. The summed E-state index contributed by atoms with van der Waals surface area (Å²) in [7, 11) is 2.48. The van der Waals surface area contributed by atoms with Crippen molar-refractivity contribution in [1.29, 1.82) is 0 Å². The van der Waals surface area contributed by atoms with Gasteiger partial charge in [-0.3, -0.25) is 0 Å². The Balaban J connectivity index is 1.10. The van der Waals surface area contributed by atoms with Crippen LogP contribution in [-0.4, -0.2) is 11.8 Å². The second kappa shape index (κ2) is 12.8. The smallest absolute Gasteiger partial charge is 0.197 e. The lowest BCUT2D eigenvalue weighted by Gasteiger charge is -2.27. The minimum absolute atomic E-state index is 0.0674. The largest absolute Gasteiger partial charge is 0.456 e. The molecule has 13 rings (SSSR count). The van der Waals surface area contributed by atoms with Crippen molar-refractivity contribution in [2.45, 2.75) is 71.6 Å². The Morgan fingerprint density at radius 3 is 2.09 bits per heavy atom. The number of benzene rings is 8. The first kappa shape index (κ1) is 38.0. The summed E-state index contributed by atoms with van der Waals surface area (Å²) in [4.78, 5) is 0. The molecule has 11 aromatic rings. The Hall–Kier alpha value is -6.56. The van der Waals surface area contributed by atoms with Crippen molar-refractivity contribution in [1.82, 2.24) is 4.57 Å². The number of aromatic nitrogens is 1. The lowest BCUT2D eigenvalue weighted by Crippen LogP contribution is -2.38. The van der Waals surface area contributed by atoms with Crippen molar-refractivity contribution in [2.75, 3.05) is 5.32 Å². The van der Waals surface area contributed by atoms with Gasteiger partial charge in [-0.25, -0.2) is 0 Å². The van der Waals surface area contributed by atoms with E-state index in [2.05, 4.69) is 212 Å². The summed E-state index contributed by atoms with van der Waals surface area (Å²) in [5, 5.41) is 11.3. The van der Waals surface area contributed by atoms with Crippen LogP contribution < -0.4 is 16.2 Å². The first-order valence-electron chi connectivity index (χ1n) is 22.7. The van der Waals surface area contributed by atoms with Gasteiger partial charge in [0.1, 0.15) is 11.2 Å². The highest BCUT2D eigenvalue weighted by molar-refractivity contribution is 7.25. The fraction of sp³-hybridized carbons (Fsp3) is 0.186. The van der Waals surface area contributed by atoms with Crippen molar-refractivity contribution < 1.29 is 4.42 Å². The monoisotopic (exact) mass is 843 g/mol. The molecule has 64 heavy (non-hydrogen) atoms. The van der Waals surface area contributed by atoms with E-state index in [1.807, 2.05) is 11.3 Å². The molecule has 0 spiro atoms. The van der Waals surface area contributed by atoms with E-state index in [0.717, 1.165) is 38.8 Å². The van der Waals surface area contributed by atoms with Gasteiger partial charge in [0.15, 0.2) is 7.28 Å². The molecular formula is C59H48BN2OS. The predicted molar refractivity (Wildman–Crippen MR) is 276 cm³/mol. The van der Waals surface area contributed by atoms with Crippen LogP contribution in [0.4, 0.5) is 11.4 Å². The van der Waals surface area contributed by atoms with Crippen molar-refractivity contribution in [3.05, 3.63) is 162 Å². The van der Waals surface area contributed by atoms with Crippen molar-refractivity contribution in [3.63, 3.8) is 0 Å². The van der Waals surface area contributed by atoms with E-state index in [-0.39, 0.29) is 16.2 Å². The number of furan rings is 1. The van der Waals surface area contributed by atoms with E-state index >= 15 is 0 Å². The first-order chi connectivity index (χ1) is 30.7. The van der Waals surface area contributed by atoms with Crippen LogP contribution in [0.5, 0.6) is 0 Å². The van der Waals surface area contributed by atoms with E-state index in [0.29, 0.717) is 0 Å². The third-order valence-corrected chi connectivity index (χ3v) is 15.7. The van der Waals surface area contributed by atoms with Crippen LogP contribution in [-0.2, 0) is 16.2 Å². The fourth-order valence-electron chi connectivity index (χ4n) is 11.0. The number of hydrogen-bond donors (Lipinski definition) is 1. The van der Waals surface area contributed by atoms with E-state index in [4.69, 9.17) is 4.42 Å². The Kier molecular flexibility index (Phi) is 7.59. The predicted octanol–water partition coefficient (Wildman–Crippen LogP) is 15.3. The van der Waals surface area contributed by atoms with Gasteiger partial charge >= 0.3 is 0 Å². The van der Waals surface area contributed by atoms with Crippen LogP contribution in [0, 0.1) is 0 Å². The van der Waals surface area contributed by atoms with Crippen LogP contribution in [0.1, 0.15) is 77.6 Å². The Labute approximate surface area is 378 Å². The number of hydrogen-bond acceptors (Lipinski definition) is 3. The van der Waals surface area contributed by atoms with Gasteiger partial charge in [0, 0.05) is 81.3 Å². The van der Waals surface area contributed by atoms with Gasteiger partial charge in [-0.05, 0) is 104 Å². The van der Waals surface area contributed by atoms with Gasteiger partial charge in [0.25, 0.3) is 0 Å². The summed E-state index contributed by atoms with van der Waals surface area (Å²) in [6, 6.07) is 52.7. The van der Waals surface area contributed by atoms with Gasteiger partial charge in [0.2, 0.25) is 0 Å². The molecule has 1 radical (unpaired) electrons. The van der Waals surface area contributed by atoms with E-state index in [1.54, 1.807) is 0 Å². The zero-order chi connectivity index (χ0) is 43.6. The average molecular weight is 844 g/mol. The fourth-order valence-corrected chi connectivity index (χ4v) is 12.2. The number of rotatable bonds is 3. The number of anilines is 2. The lowest BCUT2D eigenvalue weighted by molar-refractivity contribution is 0.590. The molecule has 4 heterocycles. The van der Waals surface area contributed by atoms with Crippen LogP contribution in [0.3, 0.4) is 0 Å². The summed E-state index contributed by atoms with van der Waals surface area (Å²) >= 11 is 1.89. The van der Waals surface area contributed by atoms with Gasteiger partial charge in [0.05, 0.1) is 5.52 Å². The quantitative estimate of drug-likeness (QED) is 0.180. The highest BCUT2D eigenvalue weighted by Gasteiger charge is 2.38. The molecule has 0 fully saturated rings. The molecule has 0 atom stereocenters. The second-order valence-corrected chi connectivity index (χ2v) is 22.0. The number of fused-ring (bicyclic) bond motifs is 14. The number of nitrogens with zero attached hydrogens (tertiary/aromatic N) is 1. The highest BCUT2D eigenvalue weighted by atomic mass is 32.1. The Morgan fingerprint density at radius 2 is 1.28 bits per heavy atom. The minimum atomic E-state index is -0.124. The van der Waals surface area contributed by atoms with Crippen LogP contribution in [0.2, 0.25) is 0 Å². The van der Waals surface area contributed by atoms with Gasteiger partial charge in [-0.15, -0.1) is 11.3 Å². The van der Waals surface area contributed by atoms with Crippen molar-refractivity contribution in [2.24, 2.45) is 0 Å². The molecule has 2 aliphatic rings. The number of nitrogens with one attached hydrogen (secondary N) is 1. The molecule has 0 saturated heterocycles. The zero-order valence-corrected chi connectivity index (χ0v) is 38.4. The second-order valence-electron chi connectivity index (χ2n) is 20.9. The van der Waals surface area contributed by atoms with Gasteiger partial charge < -0.3 is 14.3 Å². The highest BCUT2D eigenvalue weighted by Crippen LogP contribution is 2.50. The molecule has 309 valence electrons. The standard InChI is InChI=1S/C59H48BN2OS/c1-57(2,3)32-17-20-34(21-18-32)61-48-30-54-44(37-22-19-33(58(4,5)6)25-53(37)64-54)26-41(48)38-23-24-39-42-27-43-36-14-10-12-16-51(36)63-52(43)31-49(42)62-50-28-40-35-13-9-11-15-45(35)59(7,8)46(40)29-47(50)60-55(38)56(39)62/h9-31,61H,1-8H3. The molecular weight excluding hydrogens is 796 g/mol. The third kappa shape index (κ3) is 5.34. The maximum atomic E-state index is 6.60. The molecule has 1 N–H and O–H groups in total. The summed E-state index contributed by atoms with van der Waals surface area (Å²) in [5.74, 6) is 0. The number of thiophene rings is 1. The molecule has 0 unspecified atom stereocenters. The number of para-hydroxylation sites is 1. The molecule has 0 bridgehead atoms. The summed E-state index contributed by atoms with van der Waals surface area (Å²) < 4.78 is 11.8. The first-order valence-corrected chi connectivity index (χ1v) is 23.5. The SMILES string of the molecule is CC(C)(C)c1ccc(Nc2cc3sc4cc(C(C)(C)C)ccc4c3cc2-c2ccc3c4cc5c(cc4n4c3c2[B]c2cc3c(cc2-4)-c2ccccc2C3(C)C)oc2ccccc25)cc1. The summed E-state index contributed by atoms with van der Waals surface area (Å²) in [6.45, 7) is 18.5. The van der Waals surface area contributed by atoms with Crippen LogP contribution in [0.15, 0.2) is 144 Å². The summed E-state index contributed by atoms with van der Waals surface area (Å²) in [5.41, 5.74) is 20.6. The van der Waals surface area contributed by atoms with Gasteiger partial charge in [-0.1, -0.05) is 146 Å². The molecule has 1 aliphatic carbocycles. The van der Waals surface area contributed by atoms with Crippen LogP contribution >= 0.6 is 11.3 Å². The average Bonchev–Trinajstić information content (AvgIpc) is 3.98. The maximum absolute atomic E-state index is 6.60. The van der Waals surface area contributed by atoms with E-state index in [1.165, 1.54) is 97.6 Å². The van der Waals surface area contributed by atoms with Crippen molar-refractivity contribution >= 4 is 105 Å². The molecule has 0 saturated carbocycles. The minimum Gasteiger partial charge on any atom is -0.456 e. The maximum Gasteiger partial charge on any atom is 0.197 e. The normalized spacial score (nSPS) is 14.2. The van der Waals surface area contributed by atoms with E-state index < -0.39 is 0 Å². The molecule has 3 aromatic heterocycles. The Bertz CT molecular complexity index is 3830. The Morgan fingerprint density at radius 1 is 0.547 bits per heavy atom. The zero-order valence-electron chi connectivity index (χ0n) is 37.6. The van der Waals surface area contributed by atoms with E-state index in [9.17, 15) is 0 Å². The molecule has 8 aromatic carbocycles. The molecule has 3 nitrogen and oxygen atoms in total. The van der Waals surface area contributed by atoms with Gasteiger partial charge in [-0.2, -0.15) is 0 Å². The molecule has 0 amide bonds. The van der Waals surface area contributed by atoms with Crippen molar-refractivity contribution in [3.8, 4) is 27.9 Å². The molecule has 1 aliphatic heterocycles. The van der Waals surface area contributed by atoms with Crippen LogP contribution in [0.25, 0.3) is 91.9 Å². The third-order valence-electron chi connectivity index (χ3n) is 14.5. The molecule has 5 heteroatoms. The topological polar surface area (TPSA) is 30.1 Å².